The lowest BCUT2D eigenvalue weighted by Gasteiger charge is -2.38. The summed E-state index contributed by atoms with van der Waals surface area (Å²) >= 11 is 1.49. The Kier molecular flexibility index (Phi) is 3.92. The maximum absolute atomic E-state index is 12.6. The van der Waals surface area contributed by atoms with E-state index in [9.17, 15) is 14.9 Å². The molecule has 1 aliphatic carbocycles. The SMILES string of the molecule is CC(=O)NN1C(N)=C(C#N)C(c2cccs2)C2=C1CCCC2=O. The largest absolute Gasteiger partial charge is 0.383 e. The summed E-state index contributed by atoms with van der Waals surface area (Å²) in [5.74, 6) is -0.535. The van der Waals surface area contributed by atoms with E-state index < -0.39 is 5.92 Å². The van der Waals surface area contributed by atoms with Crippen LogP contribution in [0.15, 0.2) is 40.2 Å². The second-order valence-electron chi connectivity index (χ2n) is 5.50. The van der Waals surface area contributed by atoms with E-state index in [1.54, 1.807) is 0 Å². The van der Waals surface area contributed by atoms with E-state index >= 15 is 0 Å². The van der Waals surface area contributed by atoms with Gasteiger partial charge in [0.1, 0.15) is 5.82 Å². The predicted molar refractivity (Wildman–Crippen MR) is 85.4 cm³/mol. The smallest absolute Gasteiger partial charge is 0.235 e. The summed E-state index contributed by atoms with van der Waals surface area (Å²) in [6.45, 7) is 1.37. The summed E-state index contributed by atoms with van der Waals surface area (Å²) in [5.41, 5.74) is 10.4. The molecule has 0 fully saturated rings. The summed E-state index contributed by atoms with van der Waals surface area (Å²) in [6, 6.07) is 5.92. The van der Waals surface area contributed by atoms with Gasteiger partial charge in [-0.2, -0.15) is 5.26 Å². The maximum atomic E-state index is 12.6. The molecule has 23 heavy (non-hydrogen) atoms. The van der Waals surface area contributed by atoms with Gasteiger partial charge in [0.25, 0.3) is 0 Å². The zero-order valence-corrected chi connectivity index (χ0v) is 13.4. The number of amides is 1. The Labute approximate surface area is 137 Å². The first-order chi connectivity index (χ1) is 11.0. The second kappa shape index (κ2) is 5.89. The summed E-state index contributed by atoms with van der Waals surface area (Å²) in [5, 5.41) is 12.9. The molecule has 7 heteroatoms. The highest BCUT2D eigenvalue weighted by atomic mass is 32.1. The quantitative estimate of drug-likeness (QED) is 0.864. The van der Waals surface area contributed by atoms with Crippen molar-refractivity contribution in [1.29, 1.82) is 5.26 Å². The Balaban J connectivity index is 2.21. The van der Waals surface area contributed by atoms with E-state index in [0.29, 0.717) is 36.1 Å². The van der Waals surface area contributed by atoms with Crippen molar-refractivity contribution in [2.45, 2.75) is 32.1 Å². The Morgan fingerprint density at radius 1 is 1.52 bits per heavy atom. The summed E-state index contributed by atoms with van der Waals surface area (Å²) in [4.78, 5) is 25.0. The van der Waals surface area contributed by atoms with Crippen LogP contribution in [0.5, 0.6) is 0 Å². The van der Waals surface area contributed by atoms with Gasteiger partial charge in [0.15, 0.2) is 5.78 Å². The Morgan fingerprint density at radius 3 is 2.91 bits per heavy atom. The first kappa shape index (κ1) is 15.3. The number of nitrogens with two attached hydrogens (primary N) is 1. The molecule has 3 rings (SSSR count). The number of nitriles is 1. The predicted octanol–water partition coefficient (Wildman–Crippen LogP) is 1.90. The molecule has 0 bridgehead atoms. The Hall–Kier alpha value is -2.59. The summed E-state index contributed by atoms with van der Waals surface area (Å²) in [6.07, 6.45) is 1.80. The summed E-state index contributed by atoms with van der Waals surface area (Å²) < 4.78 is 0. The van der Waals surface area contributed by atoms with Gasteiger partial charge in [-0.3, -0.25) is 15.0 Å². The van der Waals surface area contributed by atoms with Crippen LogP contribution in [-0.2, 0) is 9.59 Å². The molecule has 0 radical (unpaired) electrons. The van der Waals surface area contributed by atoms with E-state index in [1.807, 2.05) is 17.5 Å². The van der Waals surface area contributed by atoms with Gasteiger partial charge in [-0.15, -0.1) is 11.3 Å². The van der Waals surface area contributed by atoms with Gasteiger partial charge in [-0.25, -0.2) is 5.01 Å². The molecule has 3 N–H and O–H groups in total. The minimum Gasteiger partial charge on any atom is -0.383 e. The van der Waals surface area contributed by atoms with Gasteiger partial charge < -0.3 is 5.73 Å². The average molecular weight is 328 g/mol. The fraction of sp³-hybridized carbons (Fsp3) is 0.312. The molecular formula is C16H16N4O2S. The van der Waals surface area contributed by atoms with E-state index in [4.69, 9.17) is 5.73 Å². The van der Waals surface area contributed by atoms with Crippen molar-refractivity contribution in [3.63, 3.8) is 0 Å². The van der Waals surface area contributed by atoms with Crippen molar-refractivity contribution >= 4 is 23.0 Å². The van der Waals surface area contributed by atoms with Crippen LogP contribution < -0.4 is 11.2 Å². The third-order valence-corrected chi connectivity index (χ3v) is 4.95. The van der Waals surface area contributed by atoms with E-state index in [-0.39, 0.29) is 17.5 Å². The molecule has 118 valence electrons. The number of carbonyl (C=O) groups is 2. The minimum atomic E-state index is -0.437. The fourth-order valence-corrected chi connectivity index (χ4v) is 3.95. The fourth-order valence-electron chi connectivity index (χ4n) is 3.11. The molecule has 0 saturated carbocycles. The van der Waals surface area contributed by atoms with Crippen molar-refractivity contribution in [1.82, 2.24) is 10.4 Å². The lowest BCUT2D eigenvalue weighted by molar-refractivity contribution is -0.123. The minimum absolute atomic E-state index is 0.0141. The van der Waals surface area contributed by atoms with Crippen LogP contribution in [0.2, 0.25) is 0 Å². The van der Waals surface area contributed by atoms with Crippen LogP contribution in [0.25, 0.3) is 0 Å². The van der Waals surface area contributed by atoms with Gasteiger partial charge in [-0.1, -0.05) is 6.07 Å². The molecule has 1 atom stereocenters. The summed E-state index contributed by atoms with van der Waals surface area (Å²) in [7, 11) is 0. The van der Waals surface area contributed by atoms with Crippen LogP contribution >= 0.6 is 11.3 Å². The van der Waals surface area contributed by atoms with Crippen molar-refractivity contribution in [2.24, 2.45) is 5.73 Å². The lowest BCUT2D eigenvalue weighted by atomic mass is 9.79. The zero-order chi connectivity index (χ0) is 16.6. The van der Waals surface area contributed by atoms with Gasteiger partial charge in [0.2, 0.25) is 5.91 Å². The zero-order valence-electron chi connectivity index (χ0n) is 12.6. The van der Waals surface area contributed by atoms with Crippen molar-refractivity contribution in [3.05, 3.63) is 45.1 Å². The highest BCUT2D eigenvalue weighted by Crippen LogP contribution is 2.45. The van der Waals surface area contributed by atoms with E-state index in [0.717, 1.165) is 4.88 Å². The maximum Gasteiger partial charge on any atom is 0.235 e. The Bertz CT molecular complexity index is 771. The monoisotopic (exact) mass is 328 g/mol. The third-order valence-electron chi connectivity index (χ3n) is 4.01. The van der Waals surface area contributed by atoms with E-state index in [1.165, 1.54) is 23.3 Å². The normalized spacial score (nSPS) is 21.1. The number of carbonyl (C=O) groups excluding carboxylic acids is 2. The molecule has 6 nitrogen and oxygen atoms in total. The number of hydrogen-bond donors (Lipinski definition) is 2. The number of hydrogen-bond acceptors (Lipinski definition) is 6. The first-order valence-electron chi connectivity index (χ1n) is 7.31. The molecule has 0 aromatic carbocycles. The topological polar surface area (TPSA) is 99.2 Å². The Morgan fingerprint density at radius 2 is 2.30 bits per heavy atom. The molecular weight excluding hydrogens is 312 g/mol. The van der Waals surface area contributed by atoms with Crippen LogP contribution in [-0.4, -0.2) is 16.7 Å². The molecule has 1 aliphatic heterocycles. The standard InChI is InChI=1S/C16H16N4O2S/c1-9(21)19-20-11-4-2-5-12(22)15(11)14(10(8-17)16(20)18)13-6-3-7-23-13/h3,6-7,14H,2,4-5,18H2,1H3,(H,19,21). The van der Waals surface area contributed by atoms with Gasteiger partial charge in [-0.05, 0) is 24.3 Å². The molecule has 1 unspecified atom stereocenters. The number of ketones is 1. The second-order valence-corrected chi connectivity index (χ2v) is 6.48. The van der Waals surface area contributed by atoms with Crippen LogP contribution in [0.4, 0.5) is 0 Å². The van der Waals surface area contributed by atoms with Crippen molar-refractivity contribution < 1.29 is 9.59 Å². The molecule has 2 aliphatic rings. The molecule has 1 amide bonds. The van der Waals surface area contributed by atoms with Crippen molar-refractivity contribution in [3.8, 4) is 6.07 Å². The van der Waals surface area contributed by atoms with Gasteiger partial charge in [0, 0.05) is 23.8 Å². The highest BCUT2D eigenvalue weighted by Gasteiger charge is 2.40. The van der Waals surface area contributed by atoms with Gasteiger partial charge >= 0.3 is 0 Å². The molecule has 2 heterocycles. The highest BCUT2D eigenvalue weighted by molar-refractivity contribution is 7.10. The van der Waals surface area contributed by atoms with Crippen LogP contribution in [0, 0.1) is 11.3 Å². The number of thiophene rings is 1. The molecule has 1 aromatic heterocycles. The molecule has 0 saturated heterocycles. The van der Waals surface area contributed by atoms with Crippen molar-refractivity contribution in [2.75, 3.05) is 0 Å². The number of rotatable bonds is 2. The van der Waals surface area contributed by atoms with Crippen LogP contribution in [0.1, 0.15) is 37.0 Å². The number of Topliss-reactive ketones (excluding diaryl/α,β-unsaturated/α-hetero) is 1. The number of nitrogens with zero attached hydrogens (tertiary/aromatic N) is 2. The van der Waals surface area contributed by atoms with Gasteiger partial charge in [0.05, 0.1) is 23.3 Å². The third kappa shape index (κ3) is 2.51. The van der Waals surface area contributed by atoms with Crippen LogP contribution in [0.3, 0.4) is 0 Å². The lowest BCUT2D eigenvalue weighted by Crippen LogP contribution is -2.47. The molecule has 0 spiro atoms. The average Bonchev–Trinajstić information content (AvgIpc) is 3.03. The number of nitrogens with one attached hydrogen (secondary N) is 1. The number of allylic oxidation sites excluding steroid dienone is 3. The van der Waals surface area contributed by atoms with E-state index in [2.05, 4.69) is 11.5 Å². The number of hydrazine groups is 1. The first-order valence-corrected chi connectivity index (χ1v) is 8.19. The molecule has 1 aromatic rings.